The predicted molar refractivity (Wildman–Crippen MR) is 68.2 cm³/mol. The molecule has 1 aliphatic rings. The number of ether oxygens (including phenoxy) is 1. The first-order chi connectivity index (χ1) is 8.67. The normalized spacial score (nSPS) is 18.3. The number of nitrogens with zero attached hydrogens (tertiary/aromatic N) is 1. The first-order valence-electron chi connectivity index (χ1n) is 5.73. The van der Waals surface area contributed by atoms with Crippen LogP contribution >= 0.6 is 15.9 Å². The molecule has 18 heavy (non-hydrogen) atoms. The van der Waals surface area contributed by atoms with Crippen LogP contribution < -0.4 is 5.32 Å². The van der Waals surface area contributed by atoms with E-state index in [1.54, 1.807) is 0 Å². The van der Waals surface area contributed by atoms with Gasteiger partial charge in [0.1, 0.15) is 0 Å². The van der Waals surface area contributed by atoms with E-state index in [-0.39, 0.29) is 11.1 Å². The smallest absolute Gasteiger partial charge is 0.254 e. The number of hydrogen-bond donors (Lipinski definition) is 1. The third kappa shape index (κ3) is 2.87. The van der Waals surface area contributed by atoms with Gasteiger partial charge in [-0.1, -0.05) is 15.9 Å². The zero-order valence-corrected chi connectivity index (χ0v) is 11.4. The number of amides is 1. The summed E-state index contributed by atoms with van der Waals surface area (Å²) in [4.78, 5) is 15.7. The zero-order chi connectivity index (χ0) is 13.0. The van der Waals surface area contributed by atoms with E-state index in [2.05, 4.69) is 26.2 Å². The second kappa shape index (κ2) is 5.75. The Kier molecular flexibility index (Phi) is 4.29. The maximum Gasteiger partial charge on any atom is 0.254 e. The highest BCUT2D eigenvalue weighted by atomic mass is 79.9. The van der Waals surface area contributed by atoms with Crippen molar-refractivity contribution in [3.63, 3.8) is 0 Å². The van der Waals surface area contributed by atoms with Crippen LogP contribution in [0.4, 0.5) is 4.39 Å². The number of carbonyl (C=O) groups is 1. The molecule has 1 amide bonds. The molecule has 6 heteroatoms. The molecule has 0 aromatic carbocycles. The molecule has 0 atom stereocenters. The molecule has 0 aliphatic carbocycles. The summed E-state index contributed by atoms with van der Waals surface area (Å²) >= 11 is 3.41. The number of halogens is 2. The van der Waals surface area contributed by atoms with E-state index in [0.717, 1.165) is 19.0 Å². The van der Waals surface area contributed by atoms with Gasteiger partial charge in [0.2, 0.25) is 0 Å². The van der Waals surface area contributed by atoms with Gasteiger partial charge in [-0.05, 0) is 18.9 Å². The van der Waals surface area contributed by atoms with E-state index in [1.807, 2.05) is 0 Å². The highest BCUT2D eigenvalue weighted by Crippen LogP contribution is 2.23. The van der Waals surface area contributed by atoms with Crippen molar-refractivity contribution in [1.29, 1.82) is 0 Å². The average molecular weight is 317 g/mol. The Hall–Kier alpha value is -1.01. The van der Waals surface area contributed by atoms with Crippen molar-refractivity contribution in [2.75, 3.05) is 18.5 Å². The van der Waals surface area contributed by atoms with Gasteiger partial charge in [-0.2, -0.15) is 0 Å². The van der Waals surface area contributed by atoms with Gasteiger partial charge in [0.15, 0.2) is 5.82 Å². The number of pyridine rings is 1. The molecule has 0 bridgehead atoms. The lowest BCUT2D eigenvalue weighted by Crippen LogP contribution is -2.53. The summed E-state index contributed by atoms with van der Waals surface area (Å²) in [5.41, 5.74) is -0.331. The summed E-state index contributed by atoms with van der Waals surface area (Å²) in [6.45, 7) is 1.20. The third-order valence-electron chi connectivity index (χ3n) is 3.10. The number of rotatable bonds is 3. The maximum atomic E-state index is 13.5. The van der Waals surface area contributed by atoms with Crippen LogP contribution in [0.1, 0.15) is 23.2 Å². The van der Waals surface area contributed by atoms with Crippen molar-refractivity contribution in [3.05, 3.63) is 29.8 Å². The van der Waals surface area contributed by atoms with E-state index in [0.29, 0.717) is 18.5 Å². The van der Waals surface area contributed by atoms with Crippen LogP contribution in [0, 0.1) is 5.82 Å². The van der Waals surface area contributed by atoms with Crippen LogP contribution in [-0.2, 0) is 4.74 Å². The molecular formula is C12H14BrFN2O2. The fraction of sp³-hybridized carbons (Fsp3) is 0.500. The molecule has 0 radical (unpaired) electrons. The summed E-state index contributed by atoms with van der Waals surface area (Å²) in [5, 5.41) is 3.53. The fourth-order valence-corrected chi connectivity index (χ4v) is 2.62. The topological polar surface area (TPSA) is 51.2 Å². The summed E-state index contributed by atoms with van der Waals surface area (Å²) in [6, 6.07) is 1.38. The Morgan fingerprint density at radius 1 is 1.56 bits per heavy atom. The third-order valence-corrected chi connectivity index (χ3v) is 4.17. The molecule has 1 aliphatic heterocycles. The molecule has 1 aromatic heterocycles. The fourth-order valence-electron chi connectivity index (χ4n) is 1.92. The number of aromatic nitrogens is 1. The lowest BCUT2D eigenvalue weighted by Gasteiger charge is -2.36. The van der Waals surface area contributed by atoms with Crippen LogP contribution in [0.25, 0.3) is 0 Å². The van der Waals surface area contributed by atoms with E-state index >= 15 is 0 Å². The van der Waals surface area contributed by atoms with Gasteiger partial charge in [0, 0.05) is 24.7 Å². The Balaban J connectivity index is 2.13. The van der Waals surface area contributed by atoms with Gasteiger partial charge in [-0.25, -0.2) is 4.39 Å². The minimum atomic E-state index is -0.605. The minimum absolute atomic E-state index is 0.0248. The molecule has 2 heterocycles. The van der Waals surface area contributed by atoms with Gasteiger partial charge in [0.25, 0.3) is 5.91 Å². The van der Waals surface area contributed by atoms with Crippen LogP contribution in [-0.4, -0.2) is 35.0 Å². The Morgan fingerprint density at radius 2 is 2.28 bits per heavy atom. The second-order valence-corrected chi connectivity index (χ2v) is 4.90. The first kappa shape index (κ1) is 13.4. The molecule has 4 nitrogen and oxygen atoms in total. The Morgan fingerprint density at radius 3 is 2.89 bits per heavy atom. The highest BCUT2D eigenvalue weighted by Gasteiger charge is 2.33. The van der Waals surface area contributed by atoms with Crippen molar-refractivity contribution in [2.24, 2.45) is 0 Å². The molecule has 1 saturated heterocycles. The van der Waals surface area contributed by atoms with Crippen LogP contribution in [0.2, 0.25) is 0 Å². The lowest BCUT2D eigenvalue weighted by atomic mass is 9.92. The van der Waals surface area contributed by atoms with E-state index in [1.165, 1.54) is 12.3 Å². The molecule has 1 aromatic rings. The molecule has 1 N–H and O–H groups in total. The first-order valence-corrected chi connectivity index (χ1v) is 6.85. The standard InChI is InChI=1S/C12H14BrFN2O2/c13-8-12(2-5-18-6-3-12)16-11(17)9-1-4-15-7-10(9)14/h1,4,7H,2-3,5-6,8H2,(H,16,17). The van der Waals surface area contributed by atoms with Gasteiger partial charge in [0.05, 0.1) is 17.3 Å². The van der Waals surface area contributed by atoms with Crippen molar-refractivity contribution < 1.29 is 13.9 Å². The van der Waals surface area contributed by atoms with Crippen molar-refractivity contribution >= 4 is 21.8 Å². The molecule has 98 valence electrons. The van der Waals surface area contributed by atoms with Crippen LogP contribution in [0.15, 0.2) is 18.5 Å². The number of carbonyl (C=O) groups excluding carboxylic acids is 1. The molecule has 1 fully saturated rings. The number of nitrogens with one attached hydrogen (secondary N) is 1. The van der Waals surface area contributed by atoms with Gasteiger partial charge in [-0.3, -0.25) is 9.78 Å². The molecule has 0 unspecified atom stereocenters. The quantitative estimate of drug-likeness (QED) is 0.866. The molecular weight excluding hydrogens is 303 g/mol. The monoisotopic (exact) mass is 316 g/mol. The van der Waals surface area contributed by atoms with Gasteiger partial charge >= 0.3 is 0 Å². The Bertz CT molecular complexity index is 436. The van der Waals surface area contributed by atoms with Crippen LogP contribution in [0.5, 0.6) is 0 Å². The summed E-state index contributed by atoms with van der Waals surface area (Å²) in [7, 11) is 0. The SMILES string of the molecule is O=C(NC1(CBr)CCOCC1)c1ccncc1F. The van der Waals surface area contributed by atoms with E-state index in [9.17, 15) is 9.18 Å². The van der Waals surface area contributed by atoms with Crippen LogP contribution in [0.3, 0.4) is 0 Å². The zero-order valence-electron chi connectivity index (χ0n) is 9.79. The number of alkyl halides is 1. The summed E-state index contributed by atoms with van der Waals surface area (Å²) < 4.78 is 18.7. The average Bonchev–Trinajstić information content (AvgIpc) is 2.40. The minimum Gasteiger partial charge on any atom is -0.381 e. The maximum absolute atomic E-state index is 13.5. The van der Waals surface area contributed by atoms with Crippen molar-refractivity contribution in [3.8, 4) is 0 Å². The Labute approximate surface area is 113 Å². The molecule has 2 rings (SSSR count). The molecule has 0 spiro atoms. The lowest BCUT2D eigenvalue weighted by molar-refractivity contribution is 0.0440. The highest BCUT2D eigenvalue weighted by molar-refractivity contribution is 9.09. The number of hydrogen-bond acceptors (Lipinski definition) is 3. The summed E-state index contributed by atoms with van der Waals surface area (Å²) in [5.74, 6) is -1.01. The van der Waals surface area contributed by atoms with Crippen molar-refractivity contribution in [2.45, 2.75) is 18.4 Å². The molecule has 0 saturated carbocycles. The predicted octanol–water partition coefficient (Wildman–Crippen LogP) is 1.89. The summed E-state index contributed by atoms with van der Waals surface area (Å²) in [6.07, 6.45) is 3.88. The second-order valence-electron chi connectivity index (χ2n) is 4.34. The van der Waals surface area contributed by atoms with Gasteiger partial charge < -0.3 is 10.1 Å². The largest absolute Gasteiger partial charge is 0.381 e. The van der Waals surface area contributed by atoms with Crippen molar-refractivity contribution in [1.82, 2.24) is 10.3 Å². The van der Waals surface area contributed by atoms with Gasteiger partial charge in [-0.15, -0.1) is 0 Å². The van der Waals surface area contributed by atoms with E-state index in [4.69, 9.17) is 4.74 Å². The van der Waals surface area contributed by atoms with E-state index < -0.39 is 11.7 Å².